The average Bonchev–Trinajstić information content (AvgIpc) is 3.07. The van der Waals surface area contributed by atoms with Gasteiger partial charge in [0.05, 0.1) is 11.7 Å². The number of rotatable bonds is 0. The molecule has 0 radical (unpaired) electrons. The molecule has 70 valence electrons. The van der Waals surface area contributed by atoms with Gasteiger partial charge in [-0.1, -0.05) is 12.1 Å². The number of aromatic nitrogens is 2. The summed E-state index contributed by atoms with van der Waals surface area (Å²) in [6.45, 7) is 0. The summed E-state index contributed by atoms with van der Waals surface area (Å²) in [5.41, 5.74) is 1.86. The fourth-order valence-corrected chi connectivity index (χ4v) is 1.92. The van der Waals surface area contributed by atoms with Crippen molar-refractivity contribution in [2.45, 2.75) is 0 Å². The van der Waals surface area contributed by atoms with Gasteiger partial charge in [-0.2, -0.15) is 0 Å². The van der Waals surface area contributed by atoms with Crippen molar-refractivity contribution in [3.63, 3.8) is 0 Å². The second-order valence-electron chi connectivity index (χ2n) is 3.59. The lowest BCUT2D eigenvalue weighted by Gasteiger charge is -1.98. The minimum absolute atomic E-state index is 0.887. The summed E-state index contributed by atoms with van der Waals surface area (Å²) < 4.78 is 5.31. The molecular weight excluding hydrogens is 188 g/mol. The van der Waals surface area contributed by atoms with E-state index in [4.69, 9.17) is 4.74 Å². The highest BCUT2D eigenvalue weighted by molar-refractivity contribution is 6.06. The van der Waals surface area contributed by atoms with Gasteiger partial charge in [0.2, 0.25) is 0 Å². The second kappa shape index (κ2) is 2.25. The number of benzene rings is 1. The van der Waals surface area contributed by atoms with Crippen molar-refractivity contribution in [1.29, 1.82) is 0 Å². The number of ether oxygens (including phenoxy) is 1. The predicted octanol–water partition coefficient (Wildman–Crippen LogP) is 2.89. The summed E-state index contributed by atoms with van der Waals surface area (Å²) >= 11 is 0. The number of hydrogen-bond donors (Lipinski definition) is 0. The van der Waals surface area contributed by atoms with Crippen LogP contribution < -0.4 is 4.74 Å². The van der Waals surface area contributed by atoms with Gasteiger partial charge in [-0.3, -0.25) is 4.98 Å². The van der Waals surface area contributed by atoms with Crippen molar-refractivity contribution in [2.24, 2.45) is 0 Å². The van der Waals surface area contributed by atoms with Gasteiger partial charge < -0.3 is 4.74 Å². The Morgan fingerprint density at radius 2 is 2.00 bits per heavy atom. The molecule has 4 rings (SSSR count). The van der Waals surface area contributed by atoms with Crippen molar-refractivity contribution in [3.05, 3.63) is 36.7 Å². The molecule has 3 aromatic rings. The quantitative estimate of drug-likeness (QED) is 0.319. The highest BCUT2D eigenvalue weighted by Crippen LogP contribution is 2.49. The minimum atomic E-state index is 0.887. The van der Waals surface area contributed by atoms with Gasteiger partial charge >= 0.3 is 0 Å². The largest absolute Gasteiger partial charge is 0.447 e. The van der Waals surface area contributed by atoms with Crippen molar-refractivity contribution in [1.82, 2.24) is 9.97 Å². The standard InChI is InChI=1S/C12H6N2O/c1-2-7-3-4-8-11(10(7)13-5-1)14-6-9-12(8)15-9/h1-6H. The minimum Gasteiger partial charge on any atom is -0.447 e. The molecule has 1 aromatic carbocycles. The molecule has 0 saturated heterocycles. The van der Waals surface area contributed by atoms with Gasteiger partial charge in [0, 0.05) is 17.0 Å². The summed E-state index contributed by atoms with van der Waals surface area (Å²) in [7, 11) is 0. The van der Waals surface area contributed by atoms with E-state index in [0.717, 1.165) is 33.3 Å². The third-order valence-corrected chi connectivity index (χ3v) is 2.70. The van der Waals surface area contributed by atoms with Crippen LogP contribution in [-0.4, -0.2) is 9.97 Å². The molecule has 0 amide bonds. The van der Waals surface area contributed by atoms with Gasteiger partial charge in [-0.05, 0) is 12.1 Å². The highest BCUT2D eigenvalue weighted by atomic mass is 16.6. The van der Waals surface area contributed by atoms with E-state index in [1.54, 1.807) is 12.4 Å². The molecule has 2 aromatic heterocycles. The van der Waals surface area contributed by atoms with E-state index in [1.165, 1.54) is 0 Å². The van der Waals surface area contributed by atoms with Crippen LogP contribution in [0, 0.1) is 0 Å². The summed E-state index contributed by atoms with van der Waals surface area (Å²) in [5, 5.41) is 2.16. The van der Waals surface area contributed by atoms with Gasteiger partial charge in [-0.15, -0.1) is 0 Å². The van der Waals surface area contributed by atoms with E-state index in [2.05, 4.69) is 9.97 Å². The third kappa shape index (κ3) is 0.845. The molecule has 3 heteroatoms. The lowest BCUT2D eigenvalue weighted by atomic mass is 10.1. The molecule has 0 N–H and O–H groups in total. The first kappa shape index (κ1) is 7.17. The Balaban J connectivity index is 2.32. The van der Waals surface area contributed by atoms with Crippen LogP contribution in [0.5, 0.6) is 11.5 Å². The fourth-order valence-electron chi connectivity index (χ4n) is 1.92. The summed E-state index contributed by atoms with van der Waals surface area (Å²) in [6, 6.07) is 8.06. The molecule has 1 aliphatic heterocycles. The zero-order valence-electron chi connectivity index (χ0n) is 7.77. The number of pyridine rings is 2. The Morgan fingerprint density at radius 3 is 3.00 bits per heavy atom. The maximum atomic E-state index is 5.31. The van der Waals surface area contributed by atoms with E-state index >= 15 is 0 Å². The Kier molecular flexibility index (Phi) is 1.08. The van der Waals surface area contributed by atoms with Crippen LogP contribution >= 0.6 is 0 Å². The van der Waals surface area contributed by atoms with Gasteiger partial charge in [-0.25, -0.2) is 4.98 Å². The van der Waals surface area contributed by atoms with Gasteiger partial charge in [0.1, 0.15) is 5.52 Å². The van der Waals surface area contributed by atoms with Crippen LogP contribution in [0.15, 0.2) is 36.7 Å². The lowest BCUT2D eigenvalue weighted by Crippen LogP contribution is -1.81. The van der Waals surface area contributed by atoms with Crippen LogP contribution in [-0.2, 0) is 0 Å². The topological polar surface area (TPSA) is 38.3 Å². The summed E-state index contributed by atoms with van der Waals surface area (Å²) in [4.78, 5) is 8.73. The monoisotopic (exact) mass is 194 g/mol. The molecule has 0 atom stereocenters. The van der Waals surface area contributed by atoms with Crippen molar-refractivity contribution in [2.75, 3.05) is 0 Å². The van der Waals surface area contributed by atoms with Crippen LogP contribution in [0.2, 0.25) is 0 Å². The number of nitrogens with zero attached hydrogens (tertiary/aromatic N) is 2. The smallest absolute Gasteiger partial charge is 0.189 e. The Morgan fingerprint density at radius 1 is 1.00 bits per heavy atom. The Hall–Kier alpha value is -2.16. The van der Waals surface area contributed by atoms with Crippen molar-refractivity contribution < 1.29 is 4.74 Å². The molecule has 0 fully saturated rings. The molecule has 15 heavy (non-hydrogen) atoms. The van der Waals surface area contributed by atoms with Crippen LogP contribution in [0.25, 0.3) is 21.8 Å². The van der Waals surface area contributed by atoms with E-state index < -0.39 is 0 Å². The summed E-state index contributed by atoms with van der Waals surface area (Å²) in [5.74, 6) is 1.84. The zero-order chi connectivity index (χ0) is 9.83. The molecule has 0 spiro atoms. The third-order valence-electron chi connectivity index (χ3n) is 2.70. The van der Waals surface area contributed by atoms with Crippen molar-refractivity contribution >= 4 is 21.8 Å². The SMILES string of the molecule is c1cnc2c(c1)ccc1c3c(cnc12)O3. The highest BCUT2D eigenvalue weighted by Gasteiger charge is 2.24. The Bertz CT molecular complexity index is 706. The molecule has 0 bridgehead atoms. The van der Waals surface area contributed by atoms with Crippen LogP contribution in [0.3, 0.4) is 0 Å². The molecule has 0 aliphatic carbocycles. The second-order valence-corrected chi connectivity index (χ2v) is 3.59. The zero-order valence-corrected chi connectivity index (χ0v) is 7.77. The van der Waals surface area contributed by atoms with E-state index in [9.17, 15) is 0 Å². The first-order valence-corrected chi connectivity index (χ1v) is 4.78. The van der Waals surface area contributed by atoms with Crippen molar-refractivity contribution in [3.8, 4) is 11.5 Å². The Labute approximate surface area is 85.3 Å². The van der Waals surface area contributed by atoms with E-state index in [0.29, 0.717) is 0 Å². The molecule has 0 saturated carbocycles. The average molecular weight is 194 g/mol. The van der Waals surface area contributed by atoms with Crippen LogP contribution in [0.4, 0.5) is 0 Å². The maximum Gasteiger partial charge on any atom is 0.189 e. The van der Waals surface area contributed by atoms with Crippen LogP contribution in [0.1, 0.15) is 0 Å². The molecule has 3 nitrogen and oxygen atoms in total. The normalized spacial score (nSPS) is 12.5. The van der Waals surface area contributed by atoms with E-state index in [-0.39, 0.29) is 0 Å². The van der Waals surface area contributed by atoms with Gasteiger partial charge in [0.25, 0.3) is 0 Å². The molecular formula is C12H6N2O. The fraction of sp³-hybridized carbons (Fsp3) is 0. The lowest BCUT2D eigenvalue weighted by molar-refractivity contribution is 0.652. The predicted molar refractivity (Wildman–Crippen MR) is 57.1 cm³/mol. The molecule has 1 aliphatic rings. The molecule has 0 unspecified atom stereocenters. The van der Waals surface area contributed by atoms with E-state index in [1.807, 2.05) is 24.3 Å². The first-order chi connectivity index (χ1) is 7.43. The van der Waals surface area contributed by atoms with Gasteiger partial charge in [0.15, 0.2) is 11.5 Å². The maximum absolute atomic E-state index is 5.31. The number of fused-ring (bicyclic) bond motifs is 5. The summed E-state index contributed by atoms with van der Waals surface area (Å²) in [6.07, 6.45) is 3.54. The first-order valence-electron chi connectivity index (χ1n) is 4.78. The number of hydrogen-bond acceptors (Lipinski definition) is 3. The molecule has 3 heterocycles.